The normalized spacial score (nSPS) is 12.4. The fraction of sp³-hybridized carbons (Fsp3) is 1.00. The Balaban J connectivity index is 0. The van der Waals surface area contributed by atoms with E-state index in [1.165, 1.54) is 0 Å². The number of rotatable bonds is 6. The van der Waals surface area contributed by atoms with Gasteiger partial charge in [-0.05, 0) is 13.8 Å². The second kappa shape index (κ2) is 6.62. The Morgan fingerprint density at radius 3 is 2.07 bits per heavy atom. The maximum Gasteiger partial charge on any atom is 0.102 e. The van der Waals surface area contributed by atoms with Gasteiger partial charge in [-0.1, -0.05) is 0 Å². The molecule has 0 atom stereocenters. The molecule has 3 nitrogen and oxygen atoms in total. The lowest BCUT2D eigenvalue weighted by molar-refractivity contribution is -0.891. The molecule has 0 saturated heterocycles. The minimum atomic E-state index is -0.0530. The van der Waals surface area contributed by atoms with Crippen molar-refractivity contribution in [1.29, 1.82) is 0 Å². The first-order chi connectivity index (χ1) is 5.77. The second-order valence-electron chi connectivity index (χ2n) is 5.11. The van der Waals surface area contributed by atoms with Crippen LogP contribution in [0.3, 0.4) is 0 Å². The van der Waals surface area contributed by atoms with Crippen LogP contribution in [0.15, 0.2) is 0 Å². The van der Waals surface area contributed by atoms with Crippen molar-refractivity contribution in [3.63, 3.8) is 0 Å². The minimum absolute atomic E-state index is 0. The van der Waals surface area contributed by atoms with Gasteiger partial charge in [-0.15, -0.1) is 0 Å². The standard InChI is InChI=1S/C10H25N2O.ClH/c1-10(2,11)6-7-12(3,4)8-9-13-5;/h6-9,11H2,1-5H3;1H/q+1;/p-1. The number of hydrogen-bond acceptors (Lipinski definition) is 2. The molecule has 0 fully saturated rings. The molecule has 0 aromatic carbocycles. The van der Waals surface area contributed by atoms with Crippen molar-refractivity contribution in [3.8, 4) is 0 Å². The zero-order valence-electron chi connectivity index (χ0n) is 10.1. The maximum atomic E-state index is 5.93. The summed E-state index contributed by atoms with van der Waals surface area (Å²) >= 11 is 0. The third-order valence-corrected chi connectivity index (χ3v) is 2.26. The van der Waals surface area contributed by atoms with Crippen molar-refractivity contribution in [2.45, 2.75) is 25.8 Å². The quantitative estimate of drug-likeness (QED) is 0.522. The molecular weight excluding hydrogens is 200 g/mol. The summed E-state index contributed by atoms with van der Waals surface area (Å²) in [5.41, 5.74) is 5.88. The summed E-state index contributed by atoms with van der Waals surface area (Å²) in [5.74, 6) is 0. The summed E-state index contributed by atoms with van der Waals surface area (Å²) < 4.78 is 6.04. The van der Waals surface area contributed by atoms with Crippen LogP contribution in [0.1, 0.15) is 20.3 Å². The number of methoxy groups -OCH3 is 1. The van der Waals surface area contributed by atoms with Gasteiger partial charge in [0, 0.05) is 19.1 Å². The molecule has 0 unspecified atom stereocenters. The van der Waals surface area contributed by atoms with E-state index in [2.05, 4.69) is 27.9 Å². The molecule has 0 aliphatic heterocycles. The van der Waals surface area contributed by atoms with Gasteiger partial charge in [0.15, 0.2) is 0 Å². The number of hydrogen-bond donors (Lipinski definition) is 1. The topological polar surface area (TPSA) is 35.2 Å². The highest BCUT2D eigenvalue weighted by atomic mass is 35.5. The van der Waals surface area contributed by atoms with Crippen molar-refractivity contribution < 1.29 is 21.6 Å². The number of nitrogens with two attached hydrogens (primary N) is 1. The molecule has 0 aromatic heterocycles. The van der Waals surface area contributed by atoms with Crippen LogP contribution in [0, 0.1) is 0 Å². The molecule has 4 heteroatoms. The molecule has 0 bridgehead atoms. The fourth-order valence-corrected chi connectivity index (χ4v) is 1.04. The van der Waals surface area contributed by atoms with E-state index in [9.17, 15) is 0 Å². The summed E-state index contributed by atoms with van der Waals surface area (Å²) in [7, 11) is 6.17. The predicted molar refractivity (Wildman–Crippen MR) is 56.6 cm³/mol. The molecule has 88 valence electrons. The average Bonchev–Trinajstić information content (AvgIpc) is 1.97. The number of quaternary nitrogens is 1. The molecule has 0 aliphatic rings. The average molecular weight is 225 g/mol. The highest BCUT2D eigenvalue weighted by Gasteiger charge is 2.19. The molecule has 0 amide bonds. The van der Waals surface area contributed by atoms with Gasteiger partial charge in [-0.25, -0.2) is 0 Å². The van der Waals surface area contributed by atoms with Crippen LogP contribution in [0.4, 0.5) is 0 Å². The Labute approximate surface area is 94.6 Å². The summed E-state index contributed by atoms with van der Waals surface area (Å²) in [4.78, 5) is 0. The number of likely N-dealkylation sites (N-methyl/N-ethyl adjacent to an activating group) is 1. The fourth-order valence-electron chi connectivity index (χ4n) is 1.04. The lowest BCUT2D eigenvalue weighted by atomic mass is 10.0. The van der Waals surface area contributed by atoms with E-state index >= 15 is 0 Å². The second-order valence-corrected chi connectivity index (χ2v) is 5.11. The zero-order chi connectivity index (χ0) is 10.5. The molecule has 0 aliphatic carbocycles. The van der Waals surface area contributed by atoms with E-state index in [4.69, 9.17) is 10.5 Å². The Morgan fingerprint density at radius 2 is 1.71 bits per heavy atom. The Kier molecular flexibility index (Phi) is 7.84. The van der Waals surface area contributed by atoms with E-state index in [0.717, 1.165) is 30.6 Å². The van der Waals surface area contributed by atoms with Crippen LogP contribution < -0.4 is 18.1 Å². The summed E-state index contributed by atoms with van der Waals surface area (Å²) in [6.45, 7) is 7.12. The molecular formula is C10H25ClN2O. The van der Waals surface area contributed by atoms with Gasteiger partial charge in [0.2, 0.25) is 0 Å². The molecule has 2 N–H and O–H groups in total. The molecule has 0 aromatic rings. The van der Waals surface area contributed by atoms with Gasteiger partial charge in [0.05, 0.1) is 27.2 Å². The third-order valence-electron chi connectivity index (χ3n) is 2.26. The number of halogens is 1. The summed E-state index contributed by atoms with van der Waals surface area (Å²) in [6.07, 6.45) is 1.05. The van der Waals surface area contributed by atoms with E-state index in [0.29, 0.717) is 0 Å². The first-order valence-electron chi connectivity index (χ1n) is 4.87. The van der Waals surface area contributed by atoms with Gasteiger partial charge in [0.1, 0.15) is 6.54 Å². The van der Waals surface area contributed by atoms with E-state index in [1.54, 1.807) is 7.11 Å². The molecule has 0 radical (unpaired) electrons. The van der Waals surface area contributed by atoms with Crippen molar-refractivity contribution in [2.75, 3.05) is 40.9 Å². The van der Waals surface area contributed by atoms with Crippen LogP contribution in [0.25, 0.3) is 0 Å². The lowest BCUT2D eigenvalue weighted by Gasteiger charge is -2.32. The first kappa shape index (κ1) is 16.6. The van der Waals surface area contributed by atoms with Gasteiger partial charge >= 0.3 is 0 Å². The van der Waals surface area contributed by atoms with Gasteiger partial charge in [-0.2, -0.15) is 0 Å². The largest absolute Gasteiger partial charge is 1.00 e. The van der Waals surface area contributed by atoms with Crippen molar-refractivity contribution >= 4 is 0 Å². The van der Waals surface area contributed by atoms with E-state index in [-0.39, 0.29) is 17.9 Å². The van der Waals surface area contributed by atoms with Crippen LogP contribution in [0.2, 0.25) is 0 Å². The van der Waals surface area contributed by atoms with Gasteiger partial charge in [-0.3, -0.25) is 0 Å². The smallest absolute Gasteiger partial charge is 0.102 e. The van der Waals surface area contributed by atoms with Crippen LogP contribution in [-0.4, -0.2) is 50.9 Å². The van der Waals surface area contributed by atoms with Crippen LogP contribution in [0.5, 0.6) is 0 Å². The zero-order valence-corrected chi connectivity index (χ0v) is 10.9. The van der Waals surface area contributed by atoms with Gasteiger partial charge < -0.3 is 27.4 Å². The third kappa shape index (κ3) is 10.3. The maximum absolute atomic E-state index is 5.93. The lowest BCUT2D eigenvalue weighted by Crippen LogP contribution is -3.00. The first-order valence-corrected chi connectivity index (χ1v) is 4.87. The highest BCUT2D eigenvalue weighted by Crippen LogP contribution is 2.08. The number of ether oxygens (including phenoxy) is 1. The molecule has 0 rings (SSSR count). The van der Waals surface area contributed by atoms with E-state index in [1.807, 2.05) is 0 Å². The monoisotopic (exact) mass is 224 g/mol. The van der Waals surface area contributed by atoms with Gasteiger partial charge in [0.25, 0.3) is 0 Å². The summed E-state index contributed by atoms with van der Waals surface area (Å²) in [6, 6.07) is 0. The van der Waals surface area contributed by atoms with Crippen molar-refractivity contribution in [2.24, 2.45) is 5.73 Å². The predicted octanol–water partition coefficient (Wildman–Crippen LogP) is -2.16. The van der Waals surface area contributed by atoms with Crippen LogP contribution >= 0.6 is 0 Å². The Hall–Kier alpha value is 0.170. The van der Waals surface area contributed by atoms with Crippen LogP contribution in [-0.2, 0) is 4.74 Å². The number of nitrogens with zero attached hydrogens (tertiary/aromatic N) is 1. The Morgan fingerprint density at radius 1 is 1.21 bits per heavy atom. The minimum Gasteiger partial charge on any atom is -1.00 e. The van der Waals surface area contributed by atoms with E-state index < -0.39 is 0 Å². The molecule has 0 heterocycles. The summed E-state index contributed by atoms with van der Waals surface area (Å²) in [5, 5.41) is 0. The van der Waals surface area contributed by atoms with Crippen molar-refractivity contribution in [3.05, 3.63) is 0 Å². The highest BCUT2D eigenvalue weighted by molar-refractivity contribution is 4.70. The Bertz CT molecular complexity index is 144. The van der Waals surface area contributed by atoms with Crippen molar-refractivity contribution in [1.82, 2.24) is 0 Å². The molecule has 14 heavy (non-hydrogen) atoms. The molecule has 0 spiro atoms. The molecule has 0 saturated carbocycles. The SMILES string of the molecule is COCC[N+](C)(C)CCC(C)(C)N.[Cl-].